The molecule has 2 rings (SSSR count). The van der Waals surface area contributed by atoms with Gasteiger partial charge < -0.3 is 14.3 Å². The number of nitrogens with zero attached hydrogens (tertiary/aromatic N) is 2. The molecule has 0 amide bonds. The first-order valence-electron chi connectivity index (χ1n) is 11.3. The van der Waals surface area contributed by atoms with Crippen molar-refractivity contribution in [1.29, 1.82) is 0 Å². The number of non-ortho nitro benzene ring substituents is 1. The van der Waals surface area contributed by atoms with Crippen molar-refractivity contribution in [3.63, 3.8) is 0 Å². The summed E-state index contributed by atoms with van der Waals surface area (Å²) in [4.78, 5) is 39.0. The van der Waals surface area contributed by atoms with Crippen molar-refractivity contribution in [2.24, 2.45) is 5.16 Å². The molecule has 0 unspecified atom stereocenters. The van der Waals surface area contributed by atoms with Crippen LogP contribution in [-0.4, -0.2) is 35.8 Å². The summed E-state index contributed by atoms with van der Waals surface area (Å²) >= 11 is 0. The van der Waals surface area contributed by atoms with Gasteiger partial charge in [0.25, 0.3) is 5.69 Å². The predicted molar refractivity (Wildman–Crippen MR) is 118 cm³/mol. The van der Waals surface area contributed by atoms with Crippen molar-refractivity contribution < 1.29 is 28.8 Å². The lowest BCUT2D eigenvalue weighted by Gasteiger charge is -2.09. The normalized spacial score (nSPS) is 18.5. The van der Waals surface area contributed by atoms with E-state index in [0.29, 0.717) is 32.3 Å². The fraction of sp³-hybridized carbons (Fsp3) is 0.609. The molecular weight excluding hydrogens is 416 g/mol. The lowest BCUT2D eigenvalue weighted by Crippen LogP contribution is -2.14. The van der Waals surface area contributed by atoms with Gasteiger partial charge in [0.05, 0.1) is 23.3 Å². The molecule has 0 aromatic heterocycles. The maximum atomic E-state index is 12.0. The van der Waals surface area contributed by atoms with Crippen molar-refractivity contribution in [3.8, 4) is 5.75 Å². The number of ether oxygens (including phenoxy) is 2. The fourth-order valence-corrected chi connectivity index (χ4v) is 3.38. The average molecular weight is 449 g/mol. The number of hydrogen-bond donors (Lipinski definition) is 0. The van der Waals surface area contributed by atoms with Crippen LogP contribution in [0.5, 0.6) is 5.75 Å². The first-order chi connectivity index (χ1) is 15.5. The monoisotopic (exact) mass is 448 g/mol. The number of carbonyl (C=O) groups excluding carboxylic acids is 2. The third kappa shape index (κ3) is 10.9. The quantitative estimate of drug-likeness (QED) is 0.266. The number of carbonyl (C=O) groups is 2. The molecule has 1 aromatic rings. The Morgan fingerprint density at radius 1 is 1.00 bits per heavy atom. The number of hydrogen-bond acceptors (Lipinski definition) is 8. The molecule has 0 N–H and O–H groups in total. The molecule has 0 spiro atoms. The second-order valence-electron chi connectivity index (χ2n) is 7.82. The molecule has 0 atom stereocenters. The molecule has 0 aliphatic carbocycles. The van der Waals surface area contributed by atoms with Crippen LogP contribution >= 0.6 is 0 Å². The summed E-state index contributed by atoms with van der Waals surface area (Å²) in [6.07, 6.45) is 11.0. The minimum Gasteiger partial charge on any atom is -0.482 e. The van der Waals surface area contributed by atoms with E-state index in [9.17, 15) is 19.7 Å². The Labute approximate surface area is 188 Å². The zero-order chi connectivity index (χ0) is 23.0. The summed E-state index contributed by atoms with van der Waals surface area (Å²) in [6.45, 7) is -0.0861. The highest BCUT2D eigenvalue weighted by atomic mass is 16.7. The van der Waals surface area contributed by atoms with Gasteiger partial charge >= 0.3 is 11.9 Å². The van der Waals surface area contributed by atoms with Gasteiger partial charge in [-0.15, -0.1) is 0 Å². The van der Waals surface area contributed by atoms with E-state index in [1.165, 1.54) is 37.1 Å². The molecule has 0 bridgehead atoms. The zero-order valence-electron chi connectivity index (χ0n) is 18.5. The molecular formula is C23H32N2O7. The number of esters is 1. The van der Waals surface area contributed by atoms with Crippen LogP contribution in [0, 0.1) is 10.1 Å². The van der Waals surface area contributed by atoms with E-state index >= 15 is 0 Å². The van der Waals surface area contributed by atoms with Gasteiger partial charge in [-0.1, -0.05) is 49.7 Å². The van der Waals surface area contributed by atoms with E-state index in [1.54, 1.807) is 0 Å². The van der Waals surface area contributed by atoms with Crippen LogP contribution in [0.3, 0.4) is 0 Å². The van der Waals surface area contributed by atoms with Gasteiger partial charge in [0.1, 0.15) is 5.75 Å². The Hall–Kier alpha value is -2.97. The standard InChI is InChI=1S/C23H32N2O7/c26-22-15-8-6-4-2-1-3-5-7-11-19(12-10-16-30-22)24-32-23(27)18-31-21-14-9-13-20(17-21)25(28)29/h9,13-14,17H,1-8,10-12,15-16,18H2/b24-19-. The zero-order valence-corrected chi connectivity index (χ0v) is 18.5. The van der Waals surface area contributed by atoms with Crippen LogP contribution in [0.4, 0.5) is 5.69 Å². The molecule has 0 saturated carbocycles. The second kappa shape index (κ2) is 14.9. The van der Waals surface area contributed by atoms with E-state index in [-0.39, 0.29) is 17.4 Å². The fourth-order valence-electron chi connectivity index (χ4n) is 3.38. The van der Waals surface area contributed by atoms with Gasteiger partial charge in [0.2, 0.25) is 0 Å². The maximum Gasteiger partial charge on any atom is 0.372 e. The molecule has 9 heteroatoms. The Balaban J connectivity index is 1.82. The van der Waals surface area contributed by atoms with E-state index < -0.39 is 17.5 Å². The Morgan fingerprint density at radius 2 is 1.66 bits per heavy atom. The molecule has 9 nitrogen and oxygen atoms in total. The molecule has 1 fully saturated rings. The summed E-state index contributed by atoms with van der Waals surface area (Å²) in [5.41, 5.74) is 0.625. The molecule has 1 heterocycles. The smallest absolute Gasteiger partial charge is 0.372 e. The van der Waals surface area contributed by atoms with Gasteiger partial charge in [-0.05, 0) is 38.2 Å². The third-order valence-corrected chi connectivity index (χ3v) is 5.13. The molecule has 176 valence electrons. The molecule has 1 aliphatic heterocycles. The lowest BCUT2D eigenvalue weighted by atomic mass is 10.0. The number of rotatable bonds is 5. The highest BCUT2D eigenvalue weighted by Crippen LogP contribution is 2.19. The summed E-state index contributed by atoms with van der Waals surface area (Å²) in [5, 5.41) is 14.8. The van der Waals surface area contributed by atoms with Gasteiger partial charge in [0.15, 0.2) is 6.61 Å². The molecule has 32 heavy (non-hydrogen) atoms. The summed E-state index contributed by atoms with van der Waals surface area (Å²) < 4.78 is 10.5. The van der Waals surface area contributed by atoms with Gasteiger partial charge in [0, 0.05) is 12.5 Å². The average Bonchev–Trinajstić information content (AvgIpc) is 2.78. The minimum atomic E-state index is -0.692. The van der Waals surface area contributed by atoms with Crippen molar-refractivity contribution >= 4 is 23.3 Å². The van der Waals surface area contributed by atoms with Crippen LogP contribution in [0.1, 0.15) is 77.0 Å². The van der Waals surface area contributed by atoms with E-state index in [0.717, 1.165) is 44.2 Å². The minimum absolute atomic E-state index is 0.122. The first-order valence-corrected chi connectivity index (χ1v) is 11.3. The van der Waals surface area contributed by atoms with Crippen molar-refractivity contribution in [2.45, 2.75) is 77.0 Å². The van der Waals surface area contributed by atoms with Crippen molar-refractivity contribution in [1.82, 2.24) is 0 Å². The number of nitro groups is 1. The van der Waals surface area contributed by atoms with Crippen LogP contribution in [0.15, 0.2) is 29.4 Å². The number of benzene rings is 1. The number of cyclic esters (lactones) is 1. The summed E-state index contributed by atoms with van der Waals surface area (Å²) in [6, 6.07) is 5.58. The highest BCUT2D eigenvalue weighted by Gasteiger charge is 2.11. The largest absolute Gasteiger partial charge is 0.482 e. The first kappa shape index (κ1) is 25.3. The molecule has 1 saturated heterocycles. The van der Waals surface area contributed by atoms with Crippen LogP contribution < -0.4 is 4.74 Å². The molecule has 0 radical (unpaired) electrons. The number of oxime groups is 1. The van der Waals surface area contributed by atoms with Crippen LogP contribution in [0.2, 0.25) is 0 Å². The Kier molecular flexibility index (Phi) is 11.8. The second-order valence-corrected chi connectivity index (χ2v) is 7.82. The van der Waals surface area contributed by atoms with Gasteiger partial charge in [-0.25, -0.2) is 4.79 Å². The van der Waals surface area contributed by atoms with Gasteiger partial charge in [-0.3, -0.25) is 14.9 Å². The summed E-state index contributed by atoms with van der Waals surface area (Å²) in [5.74, 6) is -0.654. The van der Waals surface area contributed by atoms with E-state index in [2.05, 4.69) is 5.16 Å². The highest BCUT2D eigenvalue weighted by molar-refractivity contribution is 5.85. The van der Waals surface area contributed by atoms with E-state index in [1.807, 2.05) is 0 Å². The van der Waals surface area contributed by atoms with Crippen molar-refractivity contribution in [3.05, 3.63) is 34.4 Å². The predicted octanol–water partition coefficient (Wildman–Crippen LogP) is 5.11. The SMILES string of the molecule is O=C1CCCCCCCCCC/C(=N/OC(=O)COc2cccc([N+](=O)[O-])c2)CCCO1. The maximum absolute atomic E-state index is 12.0. The van der Waals surface area contributed by atoms with Gasteiger partial charge in [-0.2, -0.15) is 0 Å². The molecule has 1 aromatic carbocycles. The van der Waals surface area contributed by atoms with Crippen LogP contribution in [-0.2, 0) is 19.2 Å². The topological polar surface area (TPSA) is 117 Å². The lowest BCUT2D eigenvalue weighted by molar-refractivity contribution is -0.384. The Morgan fingerprint density at radius 3 is 2.38 bits per heavy atom. The van der Waals surface area contributed by atoms with E-state index in [4.69, 9.17) is 14.3 Å². The van der Waals surface area contributed by atoms with Crippen molar-refractivity contribution in [2.75, 3.05) is 13.2 Å². The Bertz CT molecular complexity index is 779. The third-order valence-electron chi connectivity index (χ3n) is 5.13. The number of nitro benzene ring substituents is 1. The van der Waals surface area contributed by atoms with Crippen LogP contribution in [0.25, 0.3) is 0 Å². The molecule has 1 aliphatic rings. The summed E-state index contributed by atoms with van der Waals surface area (Å²) in [7, 11) is 0.